The summed E-state index contributed by atoms with van der Waals surface area (Å²) in [5, 5.41) is 0. The number of piperidine rings is 1. The van der Waals surface area contributed by atoms with Gasteiger partial charge in [0.1, 0.15) is 0 Å². The summed E-state index contributed by atoms with van der Waals surface area (Å²) in [6, 6.07) is 6.18. The lowest BCUT2D eigenvalue weighted by Crippen LogP contribution is -2.41. The third-order valence-corrected chi connectivity index (χ3v) is 5.52. The zero-order valence-corrected chi connectivity index (χ0v) is 14.4. The van der Waals surface area contributed by atoms with E-state index in [0.717, 1.165) is 31.1 Å². The monoisotopic (exact) mass is 323 g/mol. The molecule has 0 aliphatic carbocycles. The fraction of sp³-hybridized carbons (Fsp3) is 0.526. The molecule has 5 heteroatoms. The first-order chi connectivity index (χ1) is 11.7. The maximum atomic E-state index is 4.51. The topological polar surface area (TPSA) is 45.2 Å². The Kier molecular flexibility index (Phi) is 4.19. The van der Waals surface area contributed by atoms with Crippen molar-refractivity contribution in [1.29, 1.82) is 0 Å². The van der Waals surface area contributed by atoms with Crippen molar-refractivity contribution < 1.29 is 0 Å². The lowest BCUT2D eigenvalue weighted by atomic mass is 9.78. The molecule has 0 amide bonds. The highest BCUT2D eigenvalue weighted by Gasteiger charge is 2.41. The molecule has 0 aromatic carbocycles. The Morgan fingerprint density at radius 2 is 1.75 bits per heavy atom. The van der Waals surface area contributed by atoms with Crippen LogP contribution in [0.25, 0.3) is 0 Å². The molecule has 4 rings (SSSR count). The highest BCUT2D eigenvalue weighted by Crippen LogP contribution is 2.41. The number of hydrogen-bond donors (Lipinski definition) is 0. The Labute approximate surface area is 143 Å². The largest absolute Gasteiger partial charge is 0.340 e. The van der Waals surface area contributed by atoms with Gasteiger partial charge in [0.25, 0.3) is 0 Å². The Hall–Kier alpha value is -2.01. The number of anilines is 1. The molecule has 2 aliphatic heterocycles. The molecular weight excluding hydrogens is 298 g/mol. The van der Waals surface area contributed by atoms with Crippen LogP contribution >= 0.6 is 0 Å². The maximum Gasteiger partial charge on any atom is 0.225 e. The summed E-state index contributed by atoms with van der Waals surface area (Å²) < 4.78 is 0. The smallest absolute Gasteiger partial charge is 0.225 e. The second-order valence-corrected chi connectivity index (χ2v) is 7.33. The molecule has 2 aliphatic rings. The van der Waals surface area contributed by atoms with Gasteiger partial charge in [-0.1, -0.05) is 6.07 Å². The Bertz CT molecular complexity index is 662. The van der Waals surface area contributed by atoms with Crippen LogP contribution in [0.4, 0.5) is 5.95 Å². The van der Waals surface area contributed by atoms with Crippen molar-refractivity contribution in [2.24, 2.45) is 5.41 Å². The van der Waals surface area contributed by atoms with E-state index in [4.69, 9.17) is 0 Å². The molecule has 2 saturated heterocycles. The number of nitrogens with zero attached hydrogens (tertiary/aromatic N) is 5. The fourth-order valence-electron chi connectivity index (χ4n) is 3.97. The Morgan fingerprint density at radius 1 is 1.00 bits per heavy atom. The third-order valence-electron chi connectivity index (χ3n) is 5.52. The van der Waals surface area contributed by atoms with Gasteiger partial charge in [-0.05, 0) is 62.4 Å². The van der Waals surface area contributed by atoms with Crippen molar-refractivity contribution in [3.05, 3.63) is 48.0 Å². The zero-order chi connectivity index (χ0) is 16.4. The average Bonchev–Trinajstić information content (AvgIpc) is 3.03. The van der Waals surface area contributed by atoms with Gasteiger partial charge in [-0.3, -0.25) is 9.88 Å². The Balaban J connectivity index is 1.34. The van der Waals surface area contributed by atoms with Gasteiger partial charge >= 0.3 is 0 Å². The van der Waals surface area contributed by atoms with Gasteiger partial charge < -0.3 is 4.90 Å². The summed E-state index contributed by atoms with van der Waals surface area (Å²) >= 11 is 0. The molecule has 0 atom stereocenters. The normalized spacial score (nSPS) is 20.6. The van der Waals surface area contributed by atoms with Crippen LogP contribution in [-0.4, -0.2) is 46.0 Å². The molecule has 0 saturated carbocycles. The number of pyridine rings is 1. The van der Waals surface area contributed by atoms with Crippen molar-refractivity contribution in [1.82, 2.24) is 19.9 Å². The maximum absolute atomic E-state index is 4.51. The van der Waals surface area contributed by atoms with Crippen LogP contribution in [-0.2, 0) is 6.54 Å². The van der Waals surface area contributed by atoms with E-state index in [1.54, 1.807) is 0 Å². The van der Waals surface area contributed by atoms with Crippen LogP contribution in [0.5, 0.6) is 0 Å². The summed E-state index contributed by atoms with van der Waals surface area (Å²) in [6.07, 6.45) is 9.52. The molecule has 126 valence electrons. The summed E-state index contributed by atoms with van der Waals surface area (Å²) in [7, 11) is 0. The molecule has 2 fully saturated rings. The third kappa shape index (κ3) is 3.26. The van der Waals surface area contributed by atoms with Gasteiger partial charge in [0, 0.05) is 38.2 Å². The number of rotatable bonds is 3. The highest BCUT2D eigenvalue weighted by atomic mass is 15.3. The van der Waals surface area contributed by atoms with E-state index in [1.807, 2.05) is 31.6 Å². The molecule has 2 aromatic heterocycles. The standard InChI is InChI=1S/C19H25N5/c1-16-12-21-18(22-13-16)24-11-7-19(15-24)5-9-23(10-6-19)14-17-4-2-3-8-20-17/h2-4,8,12-13H,5-7,9-11,14-15H2,1H3. The first kappa shape index (κ1) is 15.5. The number of likely N-dealkylation sites (tertiary alicyclic amines) is 1. The minimum absolute atomic E-state index is 0.453. The van der Waals surface area contributed by atoms with E-state index in [0.29, 0.717) is 5.41 Å². The van der Waals surface area contributed by atoms with E-state index in [9.17, 15) is 0 Å². The summed E-state index contributed by atoms with van der Waals surface area (Å²) in [6.45, 7) is 7.53. The van der Waals surface area contributed by atoms with E-state index >= 15 is 0 Å². The molecule has 0 radical (unpaired) electrons. The van der Waals surface area contributed by atoms with Gasteiger partial charge in [-0.15, -0.1) is 0 Å². The van der Waals surface area contributed by atoms with Crippen molar-refractivity contribution in [3.8, 4) is 0 Å². The Morgan fingerprint density at radius 3 is 2.46 bits per heavy atom. The van der Waals surface area contributed by atoms with Gasteiger partial charge in [-0.25, -0.2) is 9.97 Å². The van der Waals surface area contributed by atoms with Crippen LogP contribution in [0.3, 0.4) is 0 Å². The molecule has 0 bridgehead atoms. The van der Waals surface area contributed by atoms with Crippen molar-refractivity contribution >= 4 is 5.95 Å². The lowest BCUT2D eigenvalue weighted by molar-refractivity contribution is 0.114. The van der Waals surface area contributed by atoms with Crippen LogP contribution in [0.2, 0.25) is 0 Å². The average molecular weight is 323 g/mol. The SMILES string of the molecule is Cc1cnc(N2CCC3(CCN(Cc4ccccn4)CC3)C2)nc1. The van der Waals surface area contributed by atoms with Crippen LogP contribution in [0, 0.1) is 12.3 Å². The van der Waals surface area contributed by atoms with Gasteiger partial charge in [-0.2, -0.15) is 0 Å². The highest BCUT2D eigenvalue weighted by molar-refractivity contribution is 5.33. The zero-order valence-electron chi connectivity index (χ0n) is 14.4. The number of aromatic nitrogens is 3. The number of aryl methyl sites for hydroxylation is 1. The van der Waals surface area contributed by atoms with Gasteiger partial charge in [0.2, 0.25) is 5.95 Å². The molecule has 1 spiro atoms. The molecule has 2 aromatic rings. The van der Waals surface area contributed by atoms with E-state index in [2.05, 4.69) is 36.9 Å². The quantitative estimate of drug-likeness (QED) is 0.869. The van der Waals surface area contributed by atoms with Crippen LogP contribution in [0.1, 0.15) is 30.5 Å². The van der Waals surface area contributed by atoms with Crippen molar-refractivity contribution in [2.45, 2.75) is 32.7 Å². The molecule has 5 nitrogen and oxygen atoms in total. The van der Waals surface area contributed by atoms with E-state index < -0.39 is 0 Å². The molecule has 24 heavy (non-hydrogen) atoms. The van der Waals surface area contributed by atoms with E-state index in [-0.39, 0.29) is 0 Å². The van der Waals surface area contributed by atoms with Gasteiger partial charge in [0.15, 0.2) is 0 Å². The summed E-state index contributed by atoms with van der Waals surface area (Å²) in [4.78, 5) is 18.4. The van der Waals surface area contributed by atoms with Crippen LogP contribution in [0.15, 0.2) is 36.8 Å². The summed E-state index contributed by atoms with van der Waals surface area (Å²) in [5.41, 5.74) is 2.75. The van der Waals surface area contributed by atoms with Crippen LogP contribution < -0.4 is 4.90 Å². The second kappa shape index (κ2) is 6.48. The van der Waals surface area contributed by atoms with Crippen molar-refractivity contribution in [2.75, 3.05) is 31.1 Å². The minimum atomic E-state index is 0.453. The van der Waals surface area contributed by atoms with E-state index in [1.165, 1.54) is 38.0 Å². The number of hydrogen-bond acceptors (Lipinski definition) is 5. The van der Waals surface area contributed by atoms with Gasteiger partial charge in [0.05, 0.1) is 5.69 Å². The molecule has 4 heterocycles. The first-order valence-electron chi connectivity index (χ1n) is 8.88. The lowest BCUT2D eigenvalue weighted by Gasteiger charge is -2.39. The molecule has 0 unspecified atom stereocenters. The molecular formula is C19H25N5. The summed E-state index contributed by atoms with van der Waals surface area (Å²) in [5.74, 6) is 0.897. The second-order valence-electron chi connectivity index (χ2n) is 7.33. The predicted molar refractivity (Wildman–Crippen MR) is 94.8 cm³/mol. The minimum Gasteiger partial charge on any atom is -0.340 e. The van der Waals surface area contributed by atoms with Crippen molar-refractivity contribution in [3.63, 3.8) is 0 Å². The first-order valence-corrected chi connectivity index (χ1v) is 8.88. The predicted octanol–water partition coefficient (Wildman–Crippen LogP) is 2.67. The molecule has 0 N–H and O–H groups in total. The fourth-order valence-corrected chi connectivity index (χ4v) is 3.97.